The van der Waals surface area contributed by atoms with Gasteiger partial charge in [0.15, 0.2) is 0 Å². The molecule has 0 heterocycles. The van der Waals surface area contributed by atoms with E-state index in [9.17, 15) is 9.59 Å². The average Bonchev–Trinajstić information content (AvgIpc) is 2.53. The van der Waals surface area contributed by atoms with E-state index < -0.39 is 12.1 Å². The summed E-state index contributed by atoms with van der Waals surface area (Å²) >= 11 is 0. The molecule has 0 unspecified atom stereocenters. The van der Waals surface area contributed by atoms with E-state index in [0.717, 1.165) is 30.4 Å². The minimum Gasteiger partial charge on any atom is -0.432 e. The first kappa shape index (κ1) is 20.0. The summed E-state index contributed by atoms with van der Waals surface area (Å²) in [4.78, 5) is 31.7. The first-order valence-electron chi connectivity index (χ1n) is 8.34. The third kappa shape index (κ3) is 7.97. The van der Waals surface area contributed by atoms with Crippen molar-refractivity contribution < 1.29 is 29.1 Å². The summed E-state index contributed by atoms with van der Waals surface area (Å²) in [5.41, 5.74) is 2.11. The van der Waals surface area contributed by atoms with Gasteiger partial charge in [0.25, 0.3) is 0 Å². The van der Waals surface area contributed by atoms with E-state index in [2.05, 4.69) is 21.7 Å². The third-order valence-electron chi connectivity index (χ3n) is 3.53. The van der Waals surface area contributed by atoms with Gasteiger partial charge in [-0.2, -0.15) is 0 Å². The zero-order valence-electron chi connectivity index (χ0n) is 14.6. The molecule has 0 aliphatic heterocycles. The highest BCUT2D eigenvalue weighted by molar-refractivity contribution is 5.90. The van der Waals surface area contributed by atoms with E-state index in [4.69, 9.17) is 4.74 Å². The van der Waals surface area contributed by atoms with E-state index in [1.54, 1.807) is 19.1 Å². The average molecular weight is 338 g/mol. The zero-order valence-corrected chi connectivity index (χ0v) is 14.6. The van der Waals surface area contributed by atoms with E-state index in [1.807, 2.05) is 13.0 Å². The van der Waals surface area contributed by atoms with Crippen molar-refractivity contribution in [2.24, 2.45) is 0 Å². The Kier molecular flexibility index (Phi) is 9.53. The maximum Gasteiger partial charge on any atom is 0.543 e. The topological polar surface area (TPSA) is 71.1 Å². The largest absolute Gasteiger partial charge is 0.543 e. The highest BCUT2D eigenvalue weighted by Gasteiger charge is 2.14. The van der Waals surface area contributed by atoms with Crippen LogP contribution in [0.25, 0.3) is 0 Å². The Balaban J connectivity index is 2.13. The van der Waals surface area contributed by atoms with Crippen LogP contribution in [0.3, 0.4) is 0 Å². The Morgan fingerprint density at radius 1 is 0.958 bits per heavy atom. The molecule has 24 heavy (non-hydrogen) atoms. The van der Waals surface area contributed by atoms with Crippen molar-refractivity contribution >= 4 is 12.1 Å². The summed E-state index contributed by atoms with van der Waals surface area (Å²) in [6.07, 6.45) is 5.46. The molecule has 0 saturated heterocycles. The summed E-state index contributed by atoms with van der Waals surface area (Å²) < 4.78 is 4.80. The molecule has 0 spiro atoms. The monoisotopic (exact) mass is 338 g/mol. The number of hydrogen-bond acceptors (Lipinski definition) is 6. The maximum absolute atomic E-state index is 11.8. The van der Waals surface area contributed by atoms with Gasteiger partial charge < -0.3 is 4.74 Å². The standard InChI is InChI=1S/C18H26O6/c1-4-5-6-7-8-9-12-21-18(20)23-24-22-17(19)16-11-10-14(2)13-15(16)3/h10-11,13H,4-9,12H2,1-3H3. The van der Waals surface area contributed by atoms with E-state index in [0.29, 0.717) is 5.56 Å². The molecule has 6 heteroatoms. The lowest BCUT2D eigenvalue weighted by Gasteiger charge is -2.06. The van der Waals surface area contributed by atoms with Gasteiger partial charge in [-0.1, -0.05) is 56.7 Å². The molecule has 0 aliphatic rings. The Morgan fingerprint density at radius 2 is 1.67 bits per heavy atom. The first-order valence-corrected chi connectivity index (χ1v) is 8.34. The minimum absolute atomic E-state index is 0.249. The van der Waals surface area contributed by atoms with E-state index in [1.165, 1.54) is 19.3 Å². The quantitative estimate of drug-likeness (QED) is 0.264. The molecule has 1 aromatic rings. The van der Waals surface area contributed by atoms with Gasteiger partial charge in [-0.15, -0.1) is 0 Å². The number of aryl methyl sites for hydroxylation is 2. The summed E-state index contributed by atoms with van der Waals surface area (Å²) in [6.45, 7) is 6.10. The first-order chi connectivity index (χ1) is 11.5. The molecular weight excluding hydrogens is 312 g/mol. The number of rotatable bonds is 10. The van der Waals surface area contributed by atoms with Crippen molar-refractivity contribution in [3.8, 4) is 0 Å². The lowest BCUT2D eigenvalue weighted by Crippen LogP contribution is -2.13. The van der Waals surface area contributed by atoms with Gasteiger partial charge in [0.05, 0.1) is 17.2 Å². The van der Waals surface area contributed by atoms with Gasteiger partial charge in [-0.05, 0) is 31.9 Å². The van der Waals surface area contributed by atoms with Gasteiger partial charge in [0.2, 0.25) is 0 Å². The van der Waals surface area contributed by atoms with E-state index in [-0.39, 0.29) is 6.61 Å². The fraction of sp³-hybridized carbons (Fsp3) is 0.556. The molecule has 1 rings (SSSR count). The number of carbonyl (C=O) groups is 2. The molecule has 0 N–H and O–H groups in total. The van der Waals surface area contributed by atoms with Crippen LogP contribution < -0.4 is 0 Å². The van der Waals surface area contributed by atoms with Crippen LogP contribution in [-0.2, 0) is 19.6 Å². The molecule has 1 aromatic carbocycles. The summed E-state index contributed by atoms with van der Waals surface area (Å²) in [6, 6.07) is 5.23. The molecule has 0 radical (unpaired) electrons. The van der Waals surface area contributed by atoms with Crippen molar-refractivity contribution in [3.63, 3.8) is 0 Å². The van der Waals surface area contributed by atoms with E-state index >= 15 is 0 Å². The Bertz CT molecular complexity index is 526. The number of unbranched alkanes of at least 4 members (excludes halogenated alkanes) is 5. The second-order valence-electron chi connectivity index (χ2n) is 5.71. The molecule has 0 bridgehead atoms. The summed E-state index contributed by atoms with van der Waals surface area (Å²) in [7, 11) is 0. The van der Waals surface area contributed by atoms with Crippen LogP contribution >= 0.6 is 0 Å². The van der Waals surface area contributed by atoms with Gasteiger partial charge >= 0.3 is 12.1 Å². The molecule has 0 aliphatic carbocycles. The molecule has 0 aromatic heterocycles. The predicted octanol–water partition coefficient (Wildman–Crippen LogP) is 4.82. The number of benzene rings is 1. The molecule has 0 fully saturated rings. The van der Waals surface area contributed by atoms with Crippen molar-refractivity contribution in [1.82, 2.24) is 0 Å². The molecular formula is C18H26O6. The fourth-order valence-electron chi connectivity index (χ4n) is 2.23. The lowest BCUT2D eigenvalue weighted by atomic mass is 10.1. The fourth-order valence-corrected chi connectivity index (χ4v) is 2.23. The highest BCUT2D eigenvalue weighted by Crippen LogP contribution is 2.12. The second kappa shape index (κ2) is 11.5. The van der Waals surface area contributed by atoms with Gasteiger partial charge in [-0.3, -0.25) is 4.89 Å². The summed E-state index contributed by atoms with van der Waals surface area (Å²) in [5, 5.41) is 4.18. The molecule has 6 nitrogen and oxygen atoms in total. The molecule has 0 saturated carbocycles. The van der Waals surface area contributed by atoms with Crippen molar-refractivity contribution in [1.29, 1.82) is 0 Å². The van der Waals surface area contributed by atoms with Crippen LogP contribution in [0, 0.1) is 13.8 Å². The Hall–Kier alpha value is -2.08. The molecule has 134 valence electrons. The number of carbonyl (C=O) groups excluding carboxylic acids is 2. The van der Waals surface area contributed by atoms with Crippen LogP contribution in [0.4, 0.5) is 4.79 Å². The van der Waals surface area contributed by atoms with Crippen molar-refractivity contribution in [2.75, 3.05) is 6.61 Å². The van der Waals surface area contributed by atoms with Crippen LogP contribution in [0.15, 0.2) is 18.2 Å². The Labute approximate surface area is 142 Å². The van der Waals surface area contributed by atoms with Gasteiger partial charge in [-0.25, -0.2) is 14.5 Å². The molecule has 0 atom stereocenters. The predicted molar refractivity (Wildman–Crippen MR) is 88.2 cm³/mol. The van der Waals surface area contributed by atoms with Crippen molar-refractivity contribution in [2.45, 2.75) is 59.3 Å². The van der Waals surface area contributed by atoms with Crippen molar-refractivity contribution in [3.05, 3.63) is 34.9 Å². The van der Waals surface area contributed by atoms with Gasteiger partial charge in [0.1, 0.15) is 0 Å². The minimum atomic E-state index is -1.03. The van der Waals surface area contributed by atoms with Gasteiger partial charge in [0, 0.05) is 0 Å². The summed E-state index contributed by atoms with van der Waals surface area (Å²) in [5.74, 6) is -0.740. The third-order valence-corrected chi connectivity index (χ3v) is 3.53. The normalized spacial score (nSPS) is 10.3. The van der Waals surface area contributed by atoms with Crippen LogP contribution in [0.2, 0.25) is 0 Å². The number of hydrogen-bond donors (Lipinski definition) is 0. The zero-order chi connectivity index (χ0) is 17.8. The smallest absolute Gasteiger partial charge is 0.432 e. The maximum atomic E-state index is 11.8. The van der Waals surface area contributed by atoms with Crippen LogP contribution in [0.1, 0.15) is 66.9 Å². The SMILES string of the molecule is CCCCCCCCOC(=O)OOOC(=O)c1ccc(C)cc1C. The van der Waals surface area contributed by atoms with Crippen LogP contribution in [-0.4, -0.2) is 18.7 Å². The molecule has 0 amide bonds. The van der Waals surface area contributed by atoms with Crippen LogP contribution in [0.5, 0.6) is 0 Å². The number of ether oxygens (including phenoxy) is 1. The lowest BCUT2D eigenvalue weighted by molar-refractivity contribution is -0.452. The highest BCUT2D eigenvalue weighted by atomic mass is 17.5. The second-order valence-corrected chi connectivity index (χ2v) is 5.71. The Morgan fingerprint density at radius 3 is 2.38 bits per heavy atom.